The smallest absolute Gasteiger partial charge is 0.255 e. The lowest BCUT2D eigenvalue weighted by molar-refractivity contribution is 0.0473. The number of β-amino-alcohol motifs (C(OH)–C–C–N with tert-alkyl or cyclic N) is 1. The molecule has 0 aromatic carbocycles. The summed E-state index contributed by atoms with van der Waals surface area (Å²) in [4.78, 5) is 13.8. The van der Waals surface area contributed by atoms with E-state index in [-0.39, 0.29) is 12.0 Å². The van der Waals surface area contributed by atoms with Crippen molar-refractivity contribution in [2.24, 2.45) is 0 Å². The summed E-state index contributed by atoms with van der Waals surface area (Å²) in [6, 6.07) is 0. The molecule has 1 N–H and O–H groups in total. The van der Waals surface area contributed by atoms with Crippen LogP contribution in [0.4, 0.5) is 0 Å². The Morgan fingerprint density at radius 1 is 1.60 bits per heavy atom. The second-order valence-electron chi connectivity index (χ2n) is 4.02. The van der Waals surface area contributed by atoms with E-state index < -0.39 is 0 Å². The van der Waals surface area contributed by atoms with Crippen LogP contribution in [0.5, 0.6) is 0 Å². The number of aliphatic hydroxyl groups is 1. The maximum absolute atomic E-state index is 12.0. The zero-order valence-corrected chi connectivity index (χ0v) is 9.59. The third-order valence-corrected chi connectivity index (χ3v) is 3.63. The number of carbonyl (C=O) groups excluding carboxylic acids is 1. The largest absolute Gasteiger partial charge is 0.391 e. The first kappa shape index (κ1) is 10.6. The third kappa shape index (κ3) is 2.21. The highest BCUT2D eigenvalue weighted by Crippen LogP contribution is 2.19. The van der Waals surface area contributed by atoms with E-state index in [1.807, 2.05) is 17.7 Å². The van der Waals surface area contributed by atoms with E-state index in [9.17, 15) is 9.90 Å². The number of nitrogens with zero attached hydrogens (tertiary/aromatic N) is 1. The first-order chi connectivity index (χ1) is 7.18. The normalized spacial score (nSPS) is 21.7. The summed E-state index contributed by atoms with van der Waals surface area (Å²) in [7, 11) is 0. The molecule has 3 nitrogen and oxygen atoms in total. The summed E-state index contributed by atoms with van der Waals surface area (Å²) in [5.74, 6) is 0.0625. The van der Waals surface area contributed by atoms with Crippen molar-refractivity contribution < 1.29 is 9.90 Å². The Kier molecular flexibility index (Phi) is 3.07. The van der Waals surface area contributed by atoms with Gasteiger partial charge in [-0.25, -0.2) is 0 Å². The van der Waals surface area contributed by atoms with E-state index in [4.69, 9.17) is 0 Å². The Balaban J connectivity index is 2.11. The molecule has 2 rings (SSSR count). The fourth-order valence-corrected chi connectivity index (χ4v) is 2.71. The molecule has 1 aliphatic rings. The summed E-state index contributed by atoms with van der Waals surface area (Å²) in [6.07, 6.45) is 1.37. The minimum atomic E-state index is -0.346. The van der Waals surface area contributed by atoms with E-state index in [0.717, 1.165) is 30.5 Å². The number of hydrogen-bond acceptors (Lipinski definition) is 3. The van der Waals surface area contributed by atoms with E-state index in [2.05, 4.69) is 0 Å². The maximum Gasteiger partial charge on any atom is 0.255 e. The van der Waals surface area contributed by atoms with Crippen molar-refractivity contribution in [3.8, 4) is 0 Å². The third-order valence-electron chi connectivity index (χ3n) is 2.77. The second kappa shape index (κ2) is 4.33. The Morgan fingerprint density at radius 2 is 2.40 bits per heavy atom. The van der Waals surface area contributed by atoms with Crippen LogP contribution in [0.1, 0.15) is 28.8 Å². The van der Waals surface area contributed by atoms with Crippen molar-refractivity contribution in [2.75, 3.05) is 13.1 Å². The Hall–Kier alpha value is -0.870. The van der Waals surface area contributed by atoms with Gasteiger partial charge in [-0.2, -0.15) is 11.3 Å². The van der Waals surface area contributed by atoms with Gasteiger partial charge in [0.2, 0.25) is 0 Å². The van der Waals surface area contributed by atoms with Crippen LogP contribution in [0.3, 0.4) is 0 Å². The number of hydrogen-bond donors (Lipinski definition) is 1. The van der Waals surface area contributed by atoms with Crippen LogP contribution in [0.25, 0.3) is 0 Å². The highest BCUT2D eigenvalue weighted by molar-refractivity contribution is 7.08. The van der Waals surface area contributed by atoms with Gasteiger partial charge < -0.3 is 10.0 Å². The van der Waals surface area contributed by atoms with Crippen molar-refractivity contribution >= 4 is 17.2 Å². The summed E-state index contributed by atoms with van der Waals surface area (Å²) >= 11 is 1.55. The molecular weight excluding hydrogens is 210 g/mol. The summed E-state index contributed by atoms with van der Waals surface area (Å²) < 4.78 is 0. The number of aliphatic hydroxyl groups excluding tert-OH is 1. The molecule has 1 atom stereocenters. The topological polar surface area (TPSA) is 40.5 Å². The van der Waals surface area contributed by atoms with Crippen molar-refractivity contribution in [3.05, 3.63) is 21.9 Å². The van der Waals surface area contributed by atoms with Gasteiger partial charge in [0.05, 0.1) is 11.7 Å². The lowest BCUT2D eigenvalue weighted by Crippen LogP contribution is -2.42. The number of amides is 1. The van der Waals surface area contributed by atoms with E-state index in [0.29, 0.717) is 6.54 Å². The molecule has 15 heavy (non-hydrogen) atoms. The van der Waals surface area contributed by atoms with Crippen molar-refractivity contribution in [3.63, 3.8) is 0 Å². The molecule has 0 aliphatic carbocycles. The quantitative estimate of drug-likeness (QED) is 0.789. The standard InChI is InChI=1S/C11H15NO2S/c1-8-6-15-7-10(8)11(14)12-4-2-3-9(13)5-12/h6-7,9,13H,2-5H2,1H3/t9-/m0/s1. The molecule has 1 aliphatic heterocycles. The molecule has 1 aromatic rings. The average Bonchev–Trinajstić information content (AvgIpc) is 2.63. The van der Waals surface area contributed by atoms with Gasteiger partial charge in [-0.3, -0.25) is 4.79 Å². The lowest BCUT2D eigenvalue weighted by Gasteiger charge is -2.30. The van der Waals surface area contributed by atoms with Crippen LogP contribution >= 0.6 is 11.3 Å². The summed E-state index contributed by atoms with van der Waals surface area (Å²) in [5.41, 5.74) is 1.82. The van der Waals surface area contributed by atoms with Crippen molar-refractivity contribution in [1.82, 2.24) is 4.90 Å². The van der Waals surface area contributed by atoms with Gasteiger partial charge in [0.1, 0.15) is 0 Å². The summed E-state index contributed by atoms with van der Waals surface area (Å²) in [5, 5.41) is 13.4. The zero-order chi connectivity index (χ0) is 10.8. The lowest BCUT2D eigenvalue weighted by atomic mass is 10.1. The first-order valence-electron chi connectivity index (χ1n) is 5.18. The van der Waals surface area contributed by atoms with Crippen LogP contribution in [0, 0.1) is 6.92 Å². The van der Waals surface area contributed by atoms with Crippen molar-refractivity contribution in [2.45, 2.75) is 25.9 Å². The summed E-state index contributed by atoms with van der Waals surface area (Å²) in [6.45, 7) is 3.20. The van der Waals surface area contributed by atoms with Crippen LogP contribution in [0.2, 0.25) is 0 Å². The number of likely N-dealkylation sites (tertiary alicyclic amines) is 1. The van der Waals surface area contributed by atoms with Gasteiger partial charge in [0.15, 0.2) is 0 Å². The second-order valence-corrected chi connectivity index (χ2v) is 4.76. The van der Waals surface area contributed by atoms with E-state index in [1.54, 1.807) is 16.2 Å². The molecule has 4 heteroatoms. The van der Waals surface area contributed by atoms with Gasteiger partial charge in [0, 0.05) is 18.5 Å². The molecule has 1 saturated heterocycles. The van der Waals surface area contributed by atoms with Gasteiger partial charge >= 0.3 is 0 Å². The van der Waals surface area contributed by atoms with E-state index in [1.165, 1.54) is 0 Å². The fourth-order valence-electron chi connectivity index (χ4n) is 1.89. The van der Waals surface area contributed by atoms with Crippen LogP contribution in [0.15, 0.2) is 10.8 Å². The average molecular weight is 225 g/mol. The molecule has 0 spiro atoms. The van der Waals surface area contributed by atoms with Gasteiger partial charge in [-0.05, 0) is 30.7 Å². The van der Waals surface area contributed by atoms with Gasteiger partial charge in [0.25, 0.3) is 5.91 Å². The van der Waals surface area contributed by atoms with Gasteiger partial charge in [-0.1, -0.05) is 0 Å². The Bertz CT molecular complexity index is 361. The monoisotopic (exact) mass is 225 g/mol. The molecule has 2 heterocycles. The minimum absolute atomic E-state index is 0.0625. The molecule has 0 radical (unpaired) electrons. The maximum atomic E-state index is 12.0. The number of piperidine rings is 1. The molecular formula is C11H15NO2S. The Labute approximate surface area is 93.3 Å². The number of aryl methyl sites for hydroxylation is 1. The van der Waals surface area contributed by atoms with Gasteiger partial charge in [-0.15, -0.1) is 0 Å². The molecule has 0 unspecified atom stereocenters. The van der Waals surface area contributed by atoms with Crippen LogP contribution in [-0.2, 0) is 0 Å². The number of rotatable bonds is 1. The highest BCUT2D eigenvalue weighted by atomic mass is 32.1. The van der Waals surface area contributed by atoms with E-state index >= 15 is 0 Å². The Morgan fingerprint density at radius 3 is 3.00 bits per heavy atom. The minimum Gasteiger partial charge on any atom is -0.391 e. The molecule has 1 fully saturated rings. The predicted molar refractivity (Wildman–Crippen MR) is 60.2 cm³/mol. The molecule has 1 aromatic heterocycles. The highest BCUT2D eigenvalue weighted by Gasteiger charge is 2.24. The number of thiophene rings is 1. The first-order valence-corrected chi connectivity index (χ1v) is 6.13. The van der Waals surface area contributed by atoms with Crippen LogP contribution in [-0.4, -0.2) is 35.1 Å². The molecule has 82 valence electrons. The predicted octanol–water partition coefficient (Wildman–Crippen LogP) is 1.65. The number of carbonyl (C=O) groups is 1. The molecule has 0 bridgehead atoms. The van der Waals surface area contributed by atoms with Crippen molar-refractivity contribution in [1.29, 1.82) is 0 Å². The zero-order valence-electron chi connectivity index (χ0n) is 8.77. The molecule has 1 amide bonds. The SMILES string of the molecule is Cc1cscc1C(=O)N1CCC[C@H](O)C1. The fraction of sp³-hybridized carbons (Fsp3) is 0.545. The van der Waals surface area contributed by atoms with Crippen LogP contribution < -0.4 is 0 Å². The molecule has 0 saturated carbocycles.